The van der Waals surface area contributed by atoms with Crippen LogP contribution < -0.4 is 14.8 Å². The lowest BCUT2D eigenvalue weighted by Crippen LogP contribution is -2.18. The van der Waals surface area contributed by atoms with E-state index < -0.39 is 0 Å². The standard InChI is InChI=1S/C16H17ClN2O2/c17-14-11-19-6-4-13(14)10-18-5-3-12-1-2-15-16(9-12)21-8-7-20-15/h1-2,4,6,9,11,18H,3,5,7-8,10H2. The van der Waals surface area contributed by atoms with Gasteiger partial charge in [0.15, 0.2) is 11.5 Å². The fourth-order valence-corrected chi connectivity index (χ4v) is 2.43. The molecule has 1 aromatic heterocycles. The summed E-state index contributed by atoms with van der Waals surface area (Å²) in [7, 11) is 0. The molecule has 0 bridgehead atoms. The normalized spacial score (nSPS) is 13.2. The molecule has 0 saturated carbocycles. The number of hydrogen-bond donors (Lipinski definition) is 1. The Kier molecular flexibility index (Phi) is 4.58. The molecule has 21 heavy (non-hydrogen) atoms. The lowest BCUT2D eigenvalue weighted by atomic mass is 10.1. The number of benzene rings is 1. The van der Waals surface area contributed by atoms with Gasteiger partial charge in [-0.2, -0.15) is 0 Å². The molecule has 1 N–H and O–H groups in total. The minimum absolute atomic E-state index is 0.620. The van der Waals surface area contributed by atoms with Crippen molar-refractivity contribution in [2.24, 2.45) is 0 Å². The monoisotopic (exact) mass is 304 g/mol. The Labute approximate surface area is 129 Å². The summed E-state index contributed by atoms with van der Waals surface area (Å²) in [6.45, 7) is 2.86. The van der Waals surface area contributed by atoms with E-state index in [2.05, 4.69) is 22.4 Å². The molecular weight excluding hydrogens is 288 g/mol. The number of hydrogen-bond acceptors (Lipinski definition) is 4. The highest BCUT2D eigenvalue weighted by molar-refractivity contribution is 6.31. The Balaban J connectivity index is 1.50. The summed E-state index contributed by atoms with van der Waals surface area (Å²) in [4.78, 5) is 3.98. The number of aromatic nitrogens is 1. The van der Waals surface area contributed by atoms with E-state index in [0.717, 1.165) is 36.6 Å². The fourth-order valence-electron chi connectivity index (χ4n) is 2.25. The summed E-state index contributed by atoms with van der Waals surface area (Å²) in [5.74, 6) is 1.68. The molecule has 0 atom stereocenters. The number of nitrogens with one attached hydrogen (secondary N) is 1. The predicted octanol–water partition coefficient (Wildman–Crippen LogP) is 2.84. The molecule has 110 valence electrons. The van der Waals surface area contributed by atoms with Gasteiger partial charge in [0.25, 0.3) is 0 Å². The number of nitrogens with zero attached hydrogens (tertiary/aromatic N) is 1. The van der Waals surface area contributed by atoms with Crippen molar-refractivity contribution in [3.05, 3.63) is 52.8 Å². The summed E-state index contributed by atoms with van der Waals surface area (Å²) < 4.78 is 11.1. The number of ether oxygens (including phenoxy) is 2. The summed E-state index contributed by atoms with van der Waals surface area (Å²) in [6, 6.07) is 8.03. The van der Waals surface area contributed by atoms with E-state index in [-0.39, 0.29) is 0 Å². The van der Waals surface area contributed by atoms with Crippen LogP contribution in [0.3, 0.4) is 0 Å². The summed E-state index contributed by atoms with van der Waals surface area (Å²) in [5.41, 5.74) is 2.29. The maximum absolute atomic E-state index is 6.07. The van der Waals surface area contributed by atoms with Gasteiger partial charge in [-0.05, 0) is 42.3 Å². The van der Waals surface area contributed by atoms with Crippen LogP contribution in [0.15, 0.2) is 36.7 Å². The van der Waals surface area contributed by atoms with Gasteiger partial charge in [0, 0.05) is 18.9 Å². The van der Waals surface area contributed by atoms with Crippen LogP contribution in [-0.2, 0) is 13.0 Å². The van der Waals surface area contributed by atoms with Crippen LogP contribution in [0.1, 0.15) is 11.1 Å². The van der Waals surface area contributed by atoms with Crippen molar-refractivity contribution in [1.82, 2.24) is 10.3 Å². The van der Waals surface area contributed by atoms with Gasteiger partial charge < -0.3 is 14.8 Å². The quantitative estimate of drug-likeness (QED) is 0.863. The molecule has 0 aliphatic carbocycles. The van der Waals surface area contributed by atoms with Gasteiger partial charge in [0.1, 0.15) is 13.2 Å². The second kappa shape index (κ2) is 6.78. The molecule has 0 saturated heterocycles. The predicted molar refractivity (Wildman–Crippen MR) is 82.1 cm³/mol. The van der Waals surface area contributed by atoms with Crippen LogP contribution in [0.5, 0.6) is 11.5 Å². The molecular formula is C16H17ClN2O2. The average molecular weight is 305 g/mol. The first-order chi connectivity index (χ1) is 10.3. The fraction of sp³-hybridized carbons (Fsp3) is 0.312. The van der Waals surface area contributed by atoms with Gasteiger partial charge in [-0.1, -0.05) is 17.7 Å². The van der Waals surface area contributed by atoms with E-state index >= 15 is 0 Å². The number of fused-ring (bicyclic) bond motifs is 1. The maximum atomic E-state index is 6.07. The van der Waals surface area contributed by atoms with E-state index in [9.17, 15) is 0 Å². The van der Waals surface area contributed by atoms with Crippen molar-refractivity contribution >= 4 is 11.6 Å². The maximum Gasteiger partial charge on any atom is 0.161 e. The zero-order chi connectivity index (χ0) is 14.5. The second-order valence-corrected chi connectivity index (χ2v) is 5.28. The lowest BCUT2D eigenvalue weighted by Gasteiger charge is -2.18. The van der Waals surface area contributed by atoms with Gasteiger partial charge >= 0.3 is 0 Å². The Morgan fingerprint density at radius 1 is 1.14 bits per heavy atom. The van der Waals surface area contributed by atoms with Crippen LogP contribution in [0.25, 0.3) is 0 Å². The largest absolute Gasteiger partial charge is 0.486 e. The first-order valence-corrected chi connectivity index (χ1v) is 7.38. The zero-order valence-electron chi connectivity index (χ0n) is 11.6. The van der Waals surface area contributed by atoms with Crippen LogP contribution in [0.4, 0.5) is 0 Å². The van der Waals surface area contributed by atoms with Crippen molar-refractivity contribution in [2.75, 3.05) is 19.8 Å². The molecule has 0 radical (unpaired) electrons. The van der Waals surface area contributed by atoms with Crippen molar-refractivity contribution < 1.29 is 9.47 Å². The third kappa shape index (κ3) is 3.65. The number of halogens is 1. The Bertz CT molecular complexity index is 619. The van der Waals surface area contributed by atoms with Gasteiger partial charge in [-0.3, -0.25) is 4.98 Å². The number of pyridine rings is 1. The highest BCUT2D eigenvalue weighted by Crippen LogP contribution is 2.30. The lowest BCUT2D eigenvalue weighted by molar-refractivity contribution is 0.171. The zero-order valence-corrected chi connectivity index (χ0v) is 12.4. The van der Waals surface area contributed by atoms with Crippen molar-refractivity contribution in [1.29, 1.82) is 0 Å². The Morgan fingerprint density at radius 2 is 2.00 bits per heavy atom. The molecule has 5 heteroatoms. The second-order valence-electron chi connectivity index (χ2n) is 4.87. The third-order valence-electron chi connectivity index (χ3n) is 3.37. The van der Waals surface area contributed by atoms with E-state index in [0.29, 0.717) is 18.2 Å². The minimum atomic E-state index is 0.620. The SMILES string of the molecule is Clc1cnccc1CNCCc1ccc2c(c1)OCCO2. The number of rotatable bonds is 5. The molecule has 0 spiro atoms. The van der Waals surface area contributed by atoms with E-state index in [4.69, 9.17) is 21.1 Å². The molecule has 1 aromatic carbocycles. The van der Waals surface area contributed by atoms with Crippen LogP contribution in [0, 0.1) is 0 Å². The molecule has 4 nitrogen and oxygen atoms in total. The van der Waals surface area contributed by atoms with Crippen LogP contribution in [-0.4, -0.2) is 24.7 Å². The molecule has 3 rings (SSSR count). The first kappa shape index (κ1) is 14.2. The van der Waals surface area contributed by atoms with Crippen molar-refractivity contribution in [2.45, 2.75) is 13.0 Å². The van der Waals surface area contributed by atoms with Crippen molar-refractivity contribution in [3.8, 4) is 11.5 Å². The summed E-state index contributed by atoms with van der Waals surface area (Å²) >= 11 is 6.07. The summed E-state index contributed by atoms with van der Waals surface area (Å²) in [6.07, 6.45) is 4.35. The van der Waals surface area contributed by atoms with Crippen molar-refractivity contribution in [3.63, 3.8) is 0 Å². The van der Waals surface area contributed by atoms with Gasteiger partial charge in [0.05, 0.1) is 5.02 Å². The van der Waals surface area contributed by atoms with Crippen LogP contribution in [0.2, 0.25) is 5.02 Å². The summed E-state index contributed by atoms with van der Waals surface area (Å²) in [5, 5.41) is 4.09. The molecule has 0 amide bonds. The topological polar surface area (TPSA) is 43.4 Å². The molecule has 2 aromatic rings. The molecule has 0 fully saturated rings. The van der Waals surface area contributed by atoms with Crippen LogP contribution >= 0.6 is 11.6 Å². The van der Waals surface area contributed by atoms with E-state index in [1.54, 1.807) is 12.4 Å². The Morgan fingerprint density at radius 3 is 2.86 bits per heavy atom. The van der Waals surface area contributed by atoms with Gasteiger partial charge in [-0.25, -0.2) is 0 Å². The Hall–Kier alpha value is -1.78. The average Bonchev–Trinajstić information content (AvgIpc) is 2.53. The van der Waals surface area contributed by atoms with Gasteiger partial charge in [0.2, 0.25) is 0 Å². The molecule has 1 aliphatic heterocycles. The first-order valence-electron chi connectivity index (χ1n) is 7.00. The van der Waals surface area contributed by atoms with E-state index in [1.807, 2.05) is 12.1 Å². The highest BCUT2D eigenvalue weighted by Gasteiger charge is 2.11. The minimum Gasteiger partial charge on any atom is -0.486 e. The molecule has 0 unspecified atom stereocenters. The highest BCUT2D eigenvalue weighted by atomic mass is 35.5. The van der Waals surface area contributed by atoms with Gasteiger partial charge in [-0.15, -0.1) is 0 Å². The molecule has 2 heterocycles. The molecule has 1 aliphatic rings. The smallest absolute Gasteiger partial charge is 0.161 e. The van der Waals surface area contributed by atoms with E-state index in [1.165, 1.54) is 5.56 Å². The third-order valence-corrected chi connectivity index (χ3v) is 3.71.